The summed E-state index contributed by atoms with van der Waals surface area (Å²) in [6.45, 7) is 2.92. The lowest BCUT2D eigenvalue weighted by Gasteiger charge is -2.09. The summed E-state index contributed by atoms with van der Waals surface area (Å²) in [6, 6.07) is 7.50. The Kier molecular flexibility index (Phi) is 11.4. The lowest BCUT2D eigenvalue weighted by atomic mass is 10.0. The molecule has 0 aliphatic carbocycles. The van der Waals surface area contributed by atoms with Crippen molar-refractivity contribution in [2.75, 3.05) is 11.9 Å². The largest absolute Gasteiger partial charge is 0.364 e. The fourth-order valence-corrected chi connectivity index (χ4v) is 4.50. The van der Waals surface area contributed by atoms with E-state index in [0.29, 0.717) is 6.54 Å². The number of nitrogens with zero attached hydrogens (tertiary/aromatic N) is 5. The van der Waals surface area contributed by atoms with Gasteiger partial charge in [-0.1, -0.05) is 103 Å². The molecule has 8 heteroatoms. The van der Waals surface area contributed by atoms with Gasteiger partial charge < -0.3 is 5.32 Å². The maximum absolute atomic E-state index is 11.9. The van der Waals surface area contributed by atoms with Crippen LogP contribution >= 0.6 is 0 Å². The maximum Gasteiger partial charge on any atom is 0.354 e. The van der Waals surface area contributed by atoms with Crippen LogP contribution in [0.4, 0.5) is 11.5 Å². The molecular weight excluding hydrogens is 440 g/mol. The van der Waals surface area contributed by atoms with Crippen molar-refractivity contribution in [3.8, 4) is 5.82 Å². The minimum absolute atomic E-state index is 0.124. The zero-order valence-corrected chi connectivity index (χ0v) is 21.1. The highest BCUT2D eigenvalue weighted by atomic mass is 16.6. The molecule has 0 fully saturated rings. The van der Waals surface area contributed by atoms with Crippen LogP contribution in [0.1, 0.15) is 96.8 Å². The summed E-state index contributed by atoms with van der Waals surface area (Å²) in [5.41, 5.74) is 1.41. The average Bonchev–Trinajstić information content (AvgIpc) is 3.30. The van der Waals surface area contributed by atoms with Crippen LogP contribution in [0.2, 0.25) is 0 Å². The first kappa shape index (κ1) is 26.6. The Labute approximate surface area is 208 Å². The summed E-state index contributed by atoms with van der Waals surface area (Å²) in [5, 5.41) is 15.0. The molecule has 3 aromatic rings. The van der Waals surface area contributed by atoms with Gasteiger partial charge in [-0.05, 0) is 18.6 Å². The van der Waals surface area contributed by atoms with Crippen molar-refractivity contribution in [3.05, 3.63) is 47.0 Å². The van der Waals surface area contributed by atoms with E-state index in [1.165, 1.54) is 83.4 Å². The standard InChI is InChI=1S/C27H40N6O2/c1-2-3-4-5-6-7-8-9-10-11-12-13-14-17-20-28-26-25(33(34)35)27(30-21-29-26)32-22-31-23-18-15-16-19-24(23)32/h15-16,18-19,21-22H,2-14,17,20H2,1H3,(H,28,29,30). The quantitative estimate of drug-likeness (QED) is 0.114. The molecule has 2 heterocycles. The highest BCUT2D eigenvalue weighted by Gasteiger charge is 2.25. The molecule has 0 saturated carbocycles. The molecule has 2 aromatic heterocycles. The SMILES string of the molecule is CCCCCCCCCCCCCCCCNc1ncnc(-n2cnc3ccccc32)c1[N+](=O)[O-]. The van der Waals surface area contributed by atoms with E-state index in [4.69, 9.17) is 0 Å². The summed E-state index contributed by atoms with van der Waals surface area (Å²) in [5.74, 6) is 0.481. The summed E-state index contributed by atoms with van der Waals surface area (Å²) in [6.07, 6.45) is 21.2. The number of imidazole rings is 1. The number of nitro groups is 1. The lowest BCUT2D eigenvalue weighted by molar-refractivity contribution is -0.384. The summed E-state index contributed by atoms with van der Waals surface area (Å²) in [7, 11) is 0. The van der Waals surface area contributed by atoms with Gasteiger partial charge >= 0.3 is 5.69 Å². The van der Waals surface area contributed by atoms with Crippen molar-refractivity contribution in [1.82, 2.24) is 19.5 Å². The van der Waals surface area contributed by atoms with E-state index in [-0.39, 0.29) is 17.3 Å². The molecule has 0 radical (unpaired) electrons. The zero-order valence-electron chi connectivity index (χ0n) is 21.1. The third kappa shape index (κ3) is 8.30. The van der Waals surface area contributed by atoms with Crippen LogP contribution in [0.25, 0.3) is 16.9 Å². The van der Waals surface area contributed by atoms with Gasteiger partial charge in [0.05, 0.1) is 16.0 Å². The molecule has 190 valence electrons. The van der Waals surface area contributed by atoms with Crippen LogP contribution in [0.15, 0.2) is 36.9 Å². The van der Waals surface area contributed by atoms with Crippen LogP contribution < -0.4 is 5.32 Å². The predicted octanol–water partition coefficient (Wildman–Crippen LogP) is 7.62. The third-order valence-electron chi connectivity index (χ3n) is 6.49. The van der Waals surface area contributed by atoms with Gasteiger partial charge in [-0.25, -0.2) is 15.0 Å². The van der Waals surface area contributed by atoms with Crippen molar-refractivity contribution >= 4 is 22.5 Å². The van der Waals surface area contributed by atoms with Crippen LogP contribution in [0, 0.1) is 10.1 Å². The number of aromatic nitrogens is 4. The first-order chi connectivity index (χ1) is 17.2. The first-order valence-corrected chi connectivity index (χ1v) is 13.4. The van der Waals surface area contributed by atoms with Crippen LogP contribution in [-0.2, 0) is 0 Å². The van der Waals surface area contributed by atoms with E-state index in [0.717, 1.165) is 23.9 Å². The first-order valence-electron chi connectivity index (χ1n) is 13.4. The molecule has 35 heavy (non-hydrogen) atoms. The molecule has 0 aliphatic rings. The predicted molar refractivity (Wildman–Crippen MR) is 142 cm³/mol. The summed E-state index contributed by atoms with van der Waals surface area (Å²) < 4.78 is 1.65. The fraction of sp³-hybridized carbons (Fsp3) is 0.593. The Morgan fingerprint density at radius 3 is 2.06 bits per heavy atom. The van der Waals surface area contributed by atoms with Gasteiger partial charge in [0.15, 0.2) is 0 Å². The number of para-hydroxylation sites is 2. The fourth-order valence-electron chi connectivity index (χ4n) is 4.50. The number of fused-ring (bicyclic) bond motifs is 1. The average molecular weight is 481 g/mol. The molecule has 0 spiro atoms. The highest BCUT2D eigenvalue weighted by molar-refractivity contribution is 5.78. The summed E-state index contributed by atoms with van der Waals surface area (Å²) >= 11 is 0. The second-order valence-electron chi connectivity index (χ2n) is 9.28. The Morgan fingerprint density at radius 2 is 1.43 bits per heavy atom. The normalized spacial score (nSPS) is 11.2. The Hall–Kier alpha value is -3.03. The van der Waals surface area contributed by atoms with Gasteiger partial charge in [-0.15, -0.1) is 0 Å². The van der Waals surface area contributed by atoms with Crippen molar-refractivity contribution in [2.24, 2.45) is 0 Å². The van der Waals surface area contributed by atoms with Crippen molar-refractivity contribution in [3.63, 3.8) is 0 Å². The number of hydrogen-bond acceptors (Lipinski definition) is 6. The van der Waals surface area contributed by atoms with Gasteiger partial charge in [0, 0.05) is 6.54 Å². The highest BCUT2D eigenvalue weighted by Crippen LogP contribution is 2.30. The van der Waals surface area contributed by atoms with Crippen LogP contribution in [-0.4, -0.2) is 31.0 Å². The second-order valence-corrected chi connectivity index (χ2v) is 9.28. The molecule has 1 N–H and O–H groups in total. The minimum atomic E-state index is -0.419. The van der Waals surface area contributed by atoms with Gasteiger partial charge in [-0.2, -0.15) is 0 Å². The molecule has 0 atom stereocenters. The van der Waals surface area contributed by atoms with Crippen molar-refractivity contribution in [1.29, 1.82) is 0 Å². The van der Waals surface area contributed by atoms with E-state index >= 15 is 0 Å². The Balaban J connectivity index is 1.36. The molecule has 1 aromatic carbocycles. The Morgan fingerprint density at radius 1 is 0.829 bits per heavy atom. The molecule has 0 saturated heterocycles. The molecule has 8 nitrogen and oxygen atoms in total. The topological polar surface area (TPSA) is 98.8 Å². The summed E-state index contributed by atoms with van der Waals surface area (Å²) in [4.78, 5) is 24.2. The molecule has 0 aliphatic heterocycles. The van der Waals surface area contributed by atoms with Gasteiger partial charge in [0.2, 0.25) is 11.6 Å². The number of rotatable bonds is 18. The number of anilines is 1. The van der Waals surface area contributed by atoms with E-state index in [1.807, 2.05) is 24.3 Å². The third-order valence-corrected chi connectivity index (χ3v) is 6.49. The van der Waals surface area contributed by atoms with E-state index in [9.17, 15) is 10.1 Å². The second kappa shape index (κ2) is 15.1. The minimum Gasteiger partial charge on any atom is -0.364 e. The number of unbranched alkanes of at least 4 members (excludes halogenated alkanes) is 13. The van der Waals surface area contributed by atoms with Crippen molar-refractivity contribution in [2.45, 2.75) is 96.8 Å². The zero-order chi connectivity index (χ0) is 24.7. The van der Waals surface area contributed by atoms with E-state index in [2.05, 4.69) is 27.2 Å². The van der Waals surface area contributed by atoms with E-state index in [1.54, 1.807) is 10.9 Å². The number of benzene rings is 1. The molecular formula is C27H40N6O2. The molecule has 3 rings (SSSR count). The smallest absolute Gasteiger partial charge is 0.354 e. The number of hydrogen-bond donors (Lipinski definition) is 1. The Bertz CT molecular complexity index is 1040. The number of nitrogens with one attached hydrogen (secondary N) is 1. The van der Waals surface area contributed by atoms with Crippen LogP contribution in [0.5, 0.6) is 0 Å². The molecule has 0 bridgehead atoms. The van der Waals surface area contributed by atoms with Crippen LogP contribution in [0.3, 0.4) is 0 Å². The maximum atomic E-state index is 11.9. The molecule has 0 amide bonds. The molecule has 0 unspecified atom stereocenters. The van der Waals surface area contributed by atoms with E-state index < -0.39 is 4.92 Å². The van der Waals surface area contributed by atoms with Gasteiger partial charge in [0.1, 0.15) is 12.7 Å². The van der Waals surface area contributed by atoms with Gasteiger partial charge in [0.25, 0.3) is 0 Å². The lowest BCUT2D eigenvalue weighted by Crippen LogP contribution is -2.10. The monoisotopic (exact) mass is 480 g/mol. The van der Waals surface area contributed by atoms with Crippen molar-refractivity contribution < 1.29 is 4.92 Å². The van der Waals surface area contributed by atoms with Gasteiger partial charge in [-0.3, -0.25) is 14.7 Å².